The van der Waals surface area contributed by atoms with E-state index in [2.05, 4.69) is 20.9 Å². The number of hydrogen-bond acceptors (Lipinski definition) is 8. The third-order valence-electron chi connectivity index (χ3n) is 6.18. The molecule has 1 aliphatic rings. The highest BCUT2D eigenvalue weighted by Crippen LogP contribution is 2.33. The number of ether oxygens (including phenoxy) is 4. The highest BCUT2D eigenvalue weighted by Gasteiger charge is 2.22. The molecule has 0 radical (unpaired) electrons. The van der Waals surface area contributed by atoms with Crippen LogP contribution in [-0.2, 0) is 30.2 Å². The van der Waals surface area contributed by atoms with Gasteiger partial charge >= 0.3 is 0 Å². The minimum atomic E-state index is -0.437. The van der Waals surface area contributed by atoms with Gasteiger partial charge in [0, 0.05) is 30.9 Å². The summed E-state index contributed by atoms with van der Waals surface area (Å²) in [6.07, 6.45) is 1.89. The van der Waals surface area contributed by atoms with Crippen LogP contribution >= 0.6 is 0 Å². The van der Waals surface area contributed by atoms with E-state index in [4.69, 9.17) is 18.9 Å². The van der Waals surface area contributed by atoms with Crippen molar-refractivity contribution in [3.63, 3.8) is 0 Å². The Balaban J connectivity index is 1.02. The summed E-state index contributed by atoms with van der Waals surface area (Å²) >= 11 is 0. The Bertz CT molecular complexity index is 1340. The van der Waals surface area contributed by atoms with Gasteiger partial charge in [-0.2, -0.15) is 0 Å². The number of nitrogens with one attached hydrogen (secondary N) is 3. The van der Waals surface area contributed by atoms with Gasteiger partial charge in [0.1, 0.15) is 24.0 Å². The van der Waals surface area contributed by atoms with E-state index < -0.39 is 5.82 Å². The maximum absolute atomic E-state index is 14.4. The molecule has 1 aromatic heterocycles. The van der Waals surface area contributed by atoms with Crippen LogP contribution in [0.1, 0.15) is 18.1 Å². The SMILES string of the molecule is CC(=O)Nc1ccc(OCCOCCOCCOCCNc2cc(C)c(-c3cc(F)c4c(c3)CC(=O)N4)cn2)cc1. The van der Waals surface area contributed by atoms with Crippen LogP contribution < -0.4 is 20.7 Å². The summed E-state index contributed by atoms with van der Waals surface area (Å²) in [5, 5.41) is 8.48. The van der Waals surface area contributed by atoms with Crippen molar-refractivity contribution in [3.05, 3.63) is 65.6 Å². The fraction of sp³-hybridized carbons (Fsp3) is 0.367. The number of pyridine rings is 1. The molecule has 0 atom stereocenters. The van der Waals surface area contributed by atoms with Crippen LogP contribution in [0.3, 0.4) is 0 Å². The zero-order valence-electron chi connectivity index (χ0n) is 23.3. The van der Waals surface area contributed by atoms with Gasteiger partial charge in [0.05, 0.1) is 51.7 Å². The molecule has 2 amide bonds. The van der Waals surface area contributed by atoms with Crippen molar-refractivity contribution in [3.8, 4) is 16.9 Å². The van der Waals surface area contributed by atoms with Crippen LogP contribution in [0.4, 0.5) is 21.6 Å². The van der Waals surface area contributed by atoms with Gasteiger partial charge in [0.15, 0.2) is 0 Å². The molecular weight excluding hydrogens is 531 g/mol. The topological polar surface area (TPSA) is 120 Å². The Labute approximate surface area is 238 Å². The summed E-state index contributed by atoms with van der Waals surface area (Å²) < 4.78 is 36.6. The highest BCUT2D eigenvalue weighted by atomic mass is 19.1. The van der Waals surface area contributed by atoms with Crippen molar-refractivity contribution < 1.29 is 32.9 Å². The number of aryl methyl sites for hydroxylation is 1. The van der Waals surface area contributed by atoms with Crippen LogP contribution in [0.5, 0.6) is 5.75 Å². The summed E-state index contributed by atoms with van der Waals surface area (Å²) in [4.78, 5) is 27.1. The van der Waals surface area contributed by atoms with E-state index in [9.17, 15) is 14.0 Å². The van der Waals surface area contributed by atoms with E-state index in [1.165, 1.54) is 13.0 Å². The van der Waals surface area contributed by atoms with Gasteiger partial charge in [-0.05, 0) is 66.1 Å². The Morgan fingerprint density at radius 2 is 1.66 bits per heavy atom. The van der Waals surface area contributed by atoms with E-state index in [1.807, 2.05) is 19.1 Å². The van der Waals surface area contributed by atoms with Crippen LogP contribution in [0.25, 0.3) is 11.1 Å². The first-order valence-corrected chi connectivity index (χ1v) is 13.5. The van der Waals surface area contributed by atoms with Crippen molar-refractivity contribution in [2.75, 3.05) is 68.7 Å². The van der Waals surface area contributed by atoms with Gasteiger partial charge in [0.2, 0.25) is 11.8 Å². The predicted octanol–water partition coefficient (Wildman–Crippen LogP) is 4.19. The number of halogens is 1. The predicted molar refractivity (Wildman–Crippen MR) is 154 cm³/mol. The van der Waals surface area contributed by atoms with Crippen LogP contribution in [0.15, 0.2) is 48.7 Å². The van der Waals surface area contributed by atoms with Crippen LogP contribution in [-0.4, -0.2) is 69.6 Å². The Hall–Kier alpha value is -4.06. The molecule has 3 N–H and O–H groups in total. The molecule has 218 valence electrons. The second-order valence-electron chi connectivity index (χ2n) is 9.42. The van der Waals surface area contributed by atoms with Gasteiger partial charge in [-0.1, -0.05) is 0 Å². The first-order valence-electron chi connectivity index (χ1n) is 13.5. The van der Waals surface area contributed by atoms with Gasteiger partial charge in [0.25, 0.3) is 0 Å². The van der Waals surface area contributed by atoms with E-state index in [1.54, 1.807) is 30.5 Å². The number of aromatic nitrogens is 1. The van der Waals surface area contributed by atoms with E-state index >= 15 is 0 Å². The maximum atomic E-state index is 14.4. The maximum Gasteiger partial charge on any atom is 0.228 e. The van der Waals surface area contributed by atoms with Crippen molar-refractivity contribution in [1.82, 2.24) is 4.98 Å². The second-order valence-corrected chi connectivity index (χ2v) is 9.42. The number of fused-ring (bicyclic) bond motifs is 1. The molecule has 1 aliphatic heterocycles. The van der Waals surface area contributed by atoms with Crippen molar-refractivity contribution in [1.29, 1.82) is 0 Å². The second kappa shape index (κ2) is 15.1. The highest BCUT2D eigenvalue weighted by molar-refractivity contribution is 6.00. The number of nitrogens with zero attached hydrogens (tertiary/aromatic N) is 1. The van der Waals surface area contributed by atoms with Gasteiger partial charge < -0.3 is 34.9 Å². The Morgan fingerprint density at radius 3 is 2.34 bits per heavy atom. The normalized spacial score (nSPS) is 12.1. The molecule has 0 aliphatic carbocycles. The molecule has 0 saturated carbocycles. The molecule has 2 heterocycles. The Morgan fingerprint density at radius 1 is 0.976 bits per heavy atom. The largest absolute Gasteiger partial charge is 0.491 e. The number of benzene rings is 2. The van der Waals surface area contributed by atoms with E-state index in [0.717, 1.165) is 16.8 Å². The monoisotopic (exact) mass is 566 g/mol. The number of anilines is 3. The van der Waals surface area contributed by atoms with Crippen LogP contribution in [0.2, 0.25) is 0 Å². The molecule has 0 unspecified atom stereocenters. The zero-order chi connectivity index (χ0) is 29.0. The number of amides is 2. The summed E-state index contributed by atoms with van der Waals surface area (Å²) in [5.41, 5.74) is 4.11. The third kappa shape index (κ3) is 9.24. The molecule has 10 nitrogen and oxygen atoms in total. The minimum absolute atomic E-state index is 0.115. The number of carbonyl (C=O) groups excluding carboxylic acids is 2. The molecule has 3 aromatic rings. The smallest absolute Gasteiger partial charge is 0.228 e. The zero-order valence-corrected chi connectivity index (χ0v) is 23.3. The van der Waals surface area contributed by atoms with E-state index in [0.29, 0.717) is 75.5 Å². The summed E-state index contributed by atoms with van der Waals surface area (Å²) in [7, 11) is 0. The molecular formula is C30H35FN4O6. The lowest BCUT2D eigenvalue weighted by Gasteiger charge is -2.12. The molecule has 0 bridgehead atoms. The minimum Gasteiger partial charge on any atom is -0.491 e. The van der Waals surface area contributed by atoms with Crippen molar-refractivity contribution in [2.24, 2.45) is 0 Å². The average molecular weight is 567 g/mol. The quantitative estimate of drug-likeness (QED) is 0.221. The summed E-state index contributed by atoms with van der Waals surface area (Å²) in [6, 6.07) is 12.3. The fourth-order valence-corrected chi connectivity index (χ4v) is 4.26. The summed E-state index contributed by atoms with van der Waals surface area (Å²) in [5.74, 6) is 0.657. The first-order chi connectivity index (χ1) is 19.9. The number of carbonyl (C=O) groups is 2. The van der Waals surface area contributed by atoms with Crippen LogP contribution in [0, 0.1) is 12.7 Å². The number of hydrogen-bond donors (Lipinski definition) is 3. The van der Waals surface area contributed by atoms with Gasteiger partial charge in [-0.3, -0.25) is 9.59 Å². The van der Waals surface area contributed by atoms with Crippen molar-refractivity contribution in [2.45, 2.75) is 20.3 Å². The number of rotatable bonds is 16. The lowest BCUT2D eigenvalue weighted by Crippen LogP contribution is -2.15. The van der Waals surface area contributed by atoms with Crippen molar-refractivity contribution >= 4 is 29.0 Å². The van der Waals surface area contributed by atoms with Gasteiger partial charge in [-0.25, -0.2) is 9.37 Å². The molecule has 4 rings (SSSR count). The molecule has 0 spiro atoms. The summed E-state index contributed by atoms with van der Waals surface area (Å²) in [6.45, 7) is 7.17. The lowest BCUT2D eigenvalue weighted by atomic mass is 9.99. The lowest BCUT2D eigenvalue weighted by molar-refractivity contribution is -0.115. The van der Waals surface area contributed by atoms with E-state index in [-0.39, 0.29) is 23.9 Å². The third-order valence-corrected chi connectivity index (χ3v) is 6.18. The Kier molecular flexibility index (Phi) is 11.0. The standard InChI is InChI=1S/C30H35FN4O6/c1-20-15-28(33-19-26(20)22-16-23-18-29(37)35-30(23)27(31)17-22)32-7-8-38-9-10-39-11-12-40-13-14-41-25-5-3-24(4-6-25)34-21(2)36/h3-6,15-17,19H,7-14,18H2,1-2H3,(H,32,33)(H,34,36)(H,35,37). The molecule has 41 heavy (non-hydrogen) atoms. The fourth-order valence-electron chi connectivity index (χ4n) is 4.26. The molecule has 2 aromatic carbocycles. The first kappa shape index (κ1) is 29.9. The molecule has 0 fully saturated rings. The molecule has 11 heteroatoms. The molecule has 0 saturated heterocycles. The van der Waals surface area contributed by atoms with Gasteiger partial charge in [-0.15, -0.1) is 0 Å². The average Bonchev–Trinajstić information content (AvgIpc) is 3.32.